The molecule has 3 aromatic rings. The maximum absolute atomic E-state index is 12.7. The minimum Gasteiger partial charge on any atom is -0.408 e. The Kier molecular flexibility index (Phi) is 3.98. The van der Waals surface area contributed by atoms with Crippen LogP contribution in [0.1, 0.15) is 30.9 Å². The Hall–Kier alpha value is -2.34. The maximum atomic E-state index is 12.7. The van der Waals surface area contributed by atoms with Gasteiger partial charge < -0.3 is 9.32 Å². The number of nitrogens with zero attached hydrogens (tertiary/aromatic N) is 2. The SMILES string of the molecule is O=C(CCn1c(=O)oc2ccccc21)N1CCC[C@@H]1c1ccsc1. The van der Waals surface area contributed by atoms with Gasteiger partial charge in [-0.3, -0.25) is 9.36 Å². The molecule has 0 bridgehead atoms. The normalized spacial score (nSPS) is 17.7. The molecule has 6 heteroatoms. The number of carbonyl (C=O) groups excluding carboxylic acids is 1. The maximum Gasteiger partial charge on any atom is 0.419 e. The summed E-state index contributed by atoms with van der Waals surface area (Å²) in [4.78, 5) is 26.6. The number of aryl methyl sites for hydroxylation is 1. The minimum atomic E-state index is -0.403. The number of carbonyl (C=O) groups is 1. The molecule has 1 saturated heterocycles. The van der Waals surface area contributed by atoms with Crippen LogP contribution in [0.25, 0.3) is 11.1 Å². The molecule has 1 amide bonds. The van der Waals surface area contributed by atoms with E-state index < -0.39 is 5.76 Å². The Labute approximate surface area is 143 Å². The van der Waals surface area contributed by atoms with Crippen molar-refractivity contribution < 1.29 is 9.21 Å². The molecule has 5 nitrogen and oxygen atoms in total. The van der Waals surface area contributed by atoms with Gasteiger partial charge in [-0.1, -0.05) is 12.1 Å². The zero-order valence-corrected chi connectivity index (χ0v) is 14.0. The molecular formula is C18H18N2O3S. The lowest BCUT2D eigenvalue weighted by Gasteiger charge is -2.24. The molecule has 0 spiro atoms. The highest BCUT2D eigenvalue weighted by atomic mass is 32.1. The monoisotopic (exact) mass is 342 g/mol. The number of benzene rings is 1. The average Bonchev–Trinajstić information content (AvgIpc) is 3.31. The van der Waals surface area contributed by atoms with Crippen LogP contribution in [-0.4, -0.2) is 21.9 Å². The van der Waals surface area contributed by atoms with Gasteiger partial charge in [-0.25, -0.2) is 4.79 Å². The molecule has 24 heavy (non-hydrogen) atoms. The van der Waals surface area contributed by atoms with E-state index in [1.807, 2.05) is 28.5 Å². The van der Waals surface area contributed by atoms with Crippen molar-refractivity contribution >= 4 is 28.3 Å². The van der Waals surface area contributed by atoms with Gasteiger partial charge in [0.05, 0.1) is 11.6 Å². The number of likely N-dealkylation sites (tertiary alicyclic amines) is 1. The van der Waals surface area contributed by atoms with E-state index in [1.165, 1.54) is 5.56 Å². The van der Waals surface area contributed by atoms with Crippen LogP contribution in [0, 0.1) is 0 Å². The molecule has 0 radical (unpaired) electrons. The van der Waals surface area contributed by atoms with Gasteiger partial charge in [0.1, 0.15) is 0 Å². The van der Waals surface area contributed by atoms with E-state index in [0.717, 1.165) is 24.9 Å². The van der Waals surface area contributed by atoms with Gasteiger partial charge in [-0.2, -0.15) is 11.3 Å². The molecule has 124 valence electrons. The van der Waals surface area contributed by atoms with E-state index >= 15 is 0 Å². The topological polar surface area (TPSA) is 55.5 Å². The number of thiophene rings is 1. The Morgan fingerprint density at radius 3 is 3.00 bits per heavy atom. The molecule has 2 aromatic heterocycles. The first-order valence-corrected chi connectivity index (χ1v) is 9.08. The van der Waals surface area contributed by atoms with Crippen LogP contribution in [-0.2, 0) is 11.3 Å². The molecule has 1 atom stereocenters. The van der Waals surface area contributed by atoms with E-state index in [1.54, 1.807) is 22.0 Å². The number of amides is 1. The van der Waals surface area contributed by atoms with Crippen molar-refractivity contribution in [2.75, 3.05) is 6.54 Å². The summed E-state index contributed by atoms with van der Waals surface area (Å²) in [6.45, 7) is 1.14. The zero-order valence-electron chi connectivity index (χ0n) is 13.2. The van der Waals surface area contributed by atoms with Crippen LogP contribution in [0.15, 0.2) is 50.3 Å². The average molecular weight is 342 g/mol. The third-order valence-corrected chi connectivity index (χ3v) is 5.33. The van der Waals surface area contributed by atoms with Crippen LogP contribution in [0.5, 0.6) is 0 Å². The first-order chi connectivity index (χ1) is 11.7. The van der Waals surface area contributed by atoms with Crippen molar-refractivity contribution in [2.45, 2.75) is 31.8 Å². The van der Waals surface area contributed by atoms with Gasteiger partial charge in [0.15, 0.2) is 5.58 Å². The molecule has 3 heterocycles. The van der Waals surface area contributed by atoms with E-state index in [4.69, 9.17) is 4.42 Å². The van der Waals surface area contributed by atoms with Crippen LogP contribution in [0.4, 0.5) is 0 Å². The zero-order chi connectivity index (χ0) is 16.5. The number of aromatic nitrogens is 1. The standard InChI is InChI=1S/C18H18N2O3S/c21-17(19-9-3-5-14(19)13-8-11-24-12-13)7-10-20-15-4-1-2-6-16(15)23-18(20)22/h1-2,4,6,8,11-12,14H,3,5,7,9-10H2/t14-/m1/s1. The summed E-state index contributed by atoms with van der Waals surface area (Å²) in [5.41, 5.74) is 2.52. The molecule has 0 saturated carbocycles. The first-order valence-electron chi connectivity index (χ1n) is 8.14. The first kappa shape index (κ1) is 15.2. The van der Waals surface area contributed by atoms with Gasteiger partial charge in [0.2, 0.25) is 5.91 Å². The lowest BCUT2D eigenvalue weighted by molar-refractivity contribution is -0.132. The van der Waals surface area contributed by atoms with E-state index in [0.29, 0.717) is 18.5 Å². The fourth-order valence-electron chi connectivity index (χ4n) is 3.45. The Bertz CT molecular complexity index is 910. The second kappa shape index (κ2) is 6.28. The van der Waals surface area contributed by atoms with Crippen molar-refractivity contribution in [3.63, 3.8) is 0 Å². The Morgan fingerprint density at radius 1 is 1.29 bits per heavy atom. The Balaban J connectivity index is 1.50. The van der Waals surface area contributed by atoms with Crippen molar-refractivity contribution in [1.82, 2.24) is 9.47 Å². The fraction of sp³-hybridized carbons (Fsp3) is 0.333. The third kappa shape index (κ3) is 2.67. The van der Waals surface area contributed by atoms with Crippen molar-refractivity contribution in [2.24, 2.45) is 0 Å². The summed E-state index contributed by atoms with van der Waals surface area (Å²) in [5, 5.41) is 4.16. The molecule has 1 aromatic carbocycles. The molecule has 1 aliphatic heterocycles. The van der Waals surface area contributed by atoms with Crippen LogP contribution in [0.2, 0.25) is 0 Å². The summed E-state index contributed by atoms with van der Waals surface area (Å²) in [5.74, 6) is -0.305. The fourth-order valence-corrected chi connectivity index (χ4v) is 4.16. The largest absolute Gasteiger partial charge is 0.419 e. The summed E-state index contributed by atoms with van der Waals surface area (Å²) >= 11 is 1.66. The van der Waals surface area contributed by atoms with Crippen LogP contribution < -0.4 is 5.76 Å². The van der Waals surface area contributed by atoms with Crippen molar-refractivity contribution in [1.29, 1.82) is 0 Å². The molecule has 0 unspecified atom stereocenters. The minimum absolute atomic E-state index is 0.0980. The number of hydrogen-bond acceptors (Lipinski definition) is 4. The number of para-hydroxylation sites is 2. The third-order valence-electron chi connectivity index (χ3n) is 4.62. The number of hydrogen-bond donors (Lipinski definition) is 0. The van der Waals surface area contributed by atoms with Gasteiger partial charge in [0.25, 0.3) is 0 Å². The quantitative estimate of drug-likeness (QED) is 0.730. The summed E-state index contributed by atoms with van der Waals surface area (Å²) < 4.78 is 6.77. The second-order valence-corrected chi connectivity index (χ2v) is 6.82. The smallest absolute Gasteiger partial charge is 0.408 e. The second-order valence-electron chi connectivity index (χ2n) is 6.04. The predicted molar refractivity (Wildman–Crippen MR) is 93.1 cm³/mol. The lowest BCUT2D eigenvalue weighted by atomic mass is 10.1. The predicted octanol–water partition coefficient (Wildman–Crippen LogP) is 3.41. The van der Waals surface area contributed by atoms with E-state index in [9.17, 15) is 9.59 Å². The van der Waals surface area contributed by atoms with Crippen LogP contribution >= 0.6 is 11.3 Å². The van der Waals surface area contributed by atoms with Crippen molar-refractivity contribution in [3.8, 4) is 0 Å². The van der Waals surface area contributed by atoms with E-state index in [2.05, 4.69) is 11.4 Å². The Morgan fingerprint density at radius 2 is 2.17 bits per heavy atom. The molecule has 4 rings (SSSR count). The van der Waals surface area contributed by atoms with Gasteiger partial charge in [-0.15, -0.1) is 0 Å². The van der Waals surface area contributed by atoms with Gasteiger partial charge in [0, 0.05) is 19.5 Å². The van der Waals surface area contributed by atoms with Gasteiger partial charge in [-0.05, 0) is 47.4 Å². The number of rotatable bonds is 4. The molecule has 0 aliphatic carbocycles. The molecule has 0 N–H and O–H groups in total. The molecule has 1 aliphatic rings. The number of oxazole rings is 1. The highest BCUT2D eigenvalue weighted by Gasteiger charge is 2.29. The lowest BCUT2D eigenvalue weighted by Crippen LogP contribution is -2.31. The highest BCUT2D eigenvalue weighted by Crippen LogP contribution is 2.33. The van der Waals surface area contributed by atoms with Crippen LogP contribution in [0.3, 0.4) is 0 Å². The van der Waals surface area contributed by atoms with E-state index in [-0.39, 0.29) is 11.9 Å². The van der Waals surface area contributed by atoms with Crippen molar-refractivity contribution in [3.05, 3.63) is 57.2 Å². The summed E-state index contributed by atoms with van der Waals surface area (Å²) in [6.07, 6.45) is 2.35. The molecular weight excluding hydrogens is 324 g/mol. The number of fused-ring (bicyclic) bond motifs is 1. The molecule has 1 fully saturated rings. The van der Waals surface area contributed by atoms with Gasteiger partial charge >= 0.3 is 5.76 Å². The summed E-state index contributed by atoms with van der Waals surface area (Å²) in [6, 6.07) is 9.58. The highest BCUT2D eigenvalue weighted by molar-refractivity contribution is 7.07. The summed E-state index contributed by atoms with van der Waals surface area (Å²) in [7, 11) is 0.